The molecule has 3 aromatic heterocycles. The zero-order chi connectivity index (χ0) is 16.6. The Morgan fingerprint density at radius 2 is 2.04 bits per heavy atom. The minimum Gasteiger partial charge on any atom is -0.355 e. The van der Waals surface area contributed by atoms with E-state index in [9.17, 15) is 0 Å². The summed E-state index contributed by atoms with van der Waals surface area (Å²) >= 11 is 0. The van der Waals surface area contributed by atoms with Gasteiger partial charge in [0.1, 0.15) is 5.82 Å². The Morgan fingerprint density at radius 3 is 3.04 bits per heavy atom. The molecule has 0 bridgehead atoms. The highest BCUT2D eigenvalue weighted by Gasteiger charge is 2.24. The summed E-state index contributed by atoms with van der Waals surface area (Å²) in [6, 6.07) is 8.31. The normalized spacial score (nSPS) is 20.2. The summed E-state index contributed by atoms with van der Waals surface area (Å²) in [7, 11) is 0. The van der Waals surface area contributed by atoms with Crippen LogP contribution in [0.25, 0.3) is 5.65 Å². The van der Waals surface area contributed by atoms with Gasteiger partial charge >= 0.3 is 0 Å². The van der Waals surface area contributed by atoms with Crippen LogP contribution in [0.5, 0.6) is 0 Å². The Bertz CT molecular complexity index is 902. The second-order valence-corrected chi connectivity index (χ2v) is 7.23. The van der Waals surface area contributed by atoms with E-state index in [-0.39, 0.29) is 0 Å². The first-order valence-electron chi connectivity index (χ1n) is 9.26. The molecule has 1 fully saturated rings. The molecule has 2 aliphatic rings. The van der Waals surface area contributed by atoms with Crippen LogP contribution >= 0.6 is 0 Å². The minimum atomic E-state index is 0.580. The summed E-state index contributed by atoms with van der Waals surface area (Å²) in [5.41, 5.74) is 3.53. The van der Waals surface area contributed by atoms with Gasteiger partial charge in [0, 0.05) is 25.7 Å². The van der Waals surface area contributed by atoms with E-state index >= 15 is 0 Å². The van der Waals surface area contributed by atoms with Gasteiger partial charge in [0.05, 0.1) is 5.69 Å². The van der Waals surface area contributed by atoms with Crippen molar-refractivity contribution in [2.45, 2.75) is 38.5 Å². The molecule has 6 nitrogen and oxygen atoms in total. The second-order valence-electron chi connectivity index (χ2n) is 7.23. The summed E-state index contributed by atoms with van der Waals surface area (Å²) < 4.78 is 2.11. The van der Waals surface area contributed by atoms with Crippen LogP contribution in [0.2, 0.25) is 0 Å². The van der Waals surface area contributed by atoms with Crippen molar-refractivity contribution in [3.8, 4) is 0 Å². The van der Waals surface area contributed by atoms with E-state index in [1.54, 1.807) is 0 Å². The zero-order valence-electron chi connectivity index (χ0n) is 14.3. The Hall–Kier alpha value is -2.50. The molecular weight excluding hydrogens is 312 g/mol. The van der Waals surface area contributed by atoms with Gasteiger partial charge in [-0.15, -0.1) is 15.3 Å². The molecule has 1 aliphatic heterocycles. The highest BCUT2D eigenvalue weighted by molar-refractivity contribution is 5.43. The number of rotatable bonds is 3. The quantitative estimate of drug-likeness (QED) is 0.736. The van der Waals surface area contributed by atoms with E-state index in [4.69, 9.17) is 0 Å². The molecule has 5 rings (SSSR count). The van der Waals surface area contributed by atoms with Crippen molar-refractivity contribution in [1.82, 2.24) is 24.8 Å². The van der Waals surface area contributed by atoms with Crippen LogP contribution in [-0.4, -0.2) is 37.9 Å². The highest BCUT2D eigenvalue weighted by atomic mass is 15.3. The van der Waals surface area contributed by atoms with Gasteiger partial charge in [0.15, 0.2) is 11.5 Å². The van der Waals surface area contributed by atoms with E-state index in [1.165, 1.54) is 30.5 Å². The molecule has 1 saturated heterocycles. The molecule has 6 heteroatoms. The molecule has 1 atom stereocenters. The van der Waals surface area contributed by atoms with Gasteiger partial charge in [-0.3, -0.25) is 4.40 Å². The number of fused-ring (bicyclic) bond motifs is 2. The number of nitrogens with zero attached hydrogens (tertiary/aromatic N) is 6. The number of anilines is 1. The lowest BCUT2D eigenvalue weighted by molar-refractivity contribution is 0.403. The Labute approximate surface area is 146 Å². The average molecular weight is 334 g/mol. The van der Waals surface area contributed by atoms with Crippen LogP contribution in [0.3, 0.4) is 0 Å². The molecule has 25 heavy (non-hydrogen) atoms. The number of aromatic nitrogens is 5. The second kappa shape index (κ2) is 6.10. The predicted molar refractivity (Wildman–Crippen MR) is 95.7 cm³/mol. The van der Waals surface area contributed by atoms with Gasteiger partial charge in [-0.1, -0.05) is 6.07 Å². The fraction of sp³-hybridized carbons (Fsp3) is 0.474. The molecule has 0 amide bonds. The third-order valence-electron chi connectivity index (χ3n) is 5.51. The lowest BCUT2D eigenvalue weighted by atomic mass is 9.94. The molecule has 1 aliphatic carbocycles. The molecule has 0 saturated carbocycles. The number of aryl methyl sites for hydroxylation is 2. The fourth-order valence-electron chi connectivity index (χ4n) is 4.20. The topological polar surface area (TPSA) is 59.2 Å². The molecular formula is C19H22N6. The van der Waals surface area contributed by atoms with Crippen molar-refractivity contribution in [3.63, 3.8) is 0 Å². The fourth-order valence-corrected chi connectivity index (χ4v) is 4.20. The van der Waals surface area contributed by atoms with Gasteiger partial charge in [0.2, 0.25) is 0 Å². The highest BCUT2D eigenvalue weighted by Crippen LogP contribution is 2.27. The standard InChI is InChI=1S/C19H22N6/c1-2-10-25-17(8-1)21-23-19(25)11-14-5-4-9-24(13-14)18-12-15-6-3-7-16(15)20-22-18/h1-2,8,10,12,14H,3-7,9,11,13H2. The number of hydrogen-bond donors (Lipinski definition) is 0. The first-order chi connectivity index (χ1) is 12.4. The Morgan fingerprint density at radius 1 is 1.04 bits per heavy atom. The van der Waals surface area contributed by atoms with E-state index in [1.807, 2.05) is 18.2 Å². The summed E-state index contributed by atoms with van der Waals surface area (Å²) in [6.07, 6.45) is 8.90. The van der Waals surface area contributed by atoms with E-state index < -0.39 is 0 Å². The summed E-state index contributed by atoms with van der Waals surface area (Å²) in [4.78, 5) is 2.41. The maximum Gasteiger partial charge on any atom is 0.160 e. The van der Waals surface area contributed by atoms with Gasteiger partial charge in [0.25, 0.3) is 0 Å². The summed E-state index contributed by atoms with van der Waals surface area (Å²) in [5.74, 6) is 2.69. The van der Waals surface area contributed by atoms with Crippen LogP contribution in [0.1, 0.15) is 36.3 Å². The monoisotopic (exact) mass is 334 g/mol. The first kappa shape index (κ1) is 14.8. The predicted octanol–water partition coefficient (Wildman–Crippen LogP) is 2.47. The summed E-state index contributed by atoms with van der Waals surface area (Å²) in [6.45, 7) is 2.10. The van der Waals surface area contributed by atoms with Crippen molar-refractivity contribution < 1.29 is 0 Å². The van der Waals surface area contributed by atoms with Crippen molar-refractivity contribution in [2.24, 2.45) is 5.92 Å². The zero-order valence-corrected chi connectivity index (χ0v) is 14.3. The van der Waals surface area contributed by atoms with Crippen molar-refractivity contribution in [1.29, 1.82) is 0 Å². The smallest absolute Gasteiger partial charge is 0.160 e. The summed E-state index contributed by atoms with van der Waals surface area (Å²) in [5, 5.41) is 17.6. The molecule has 0 radical (unpaired) electrons. The maximum absolute atomic E-state index is 4.50. The largest absolute Gasteiger partial charge is 0.355 e. The molecule has 128 valence electrons. The first-order valence-corrected chi connectivity index (χ1v) is 9.26. The van der Waals surface area contributed by atoms with Gasteiger partial charge < -0.3 is 4.90 Å². The lowest BCUT2D eigenvalue weighted by Crippen LogP contribution is -2.37. The Balaban J connectivity index is 1.34. The van der Waals surface area contributed by atoms with Crippen LogP contribution in [0.4, 0.5) is 5.82 Å². The molecule has 0 N–H and O–H groups in total. The molecule has 1 unspecified atom stereocenters. The van der Waals surface area contributed by atoms with Crippen LogP contribution in [-0.2, 0) is 19.3 Å². The molecule has 0 aromatic carbocycles. The third kappa shape index (κ3) is 2.75. The van der Waals surface area contributed by atoms with E-state index in [0.717, 1.165) is 49.6 Å². The molecule has 4 heterocycles. The van der Waals surface area contributed by atoms with E-state index in [2.05, 4.69) is 42.0 Å². The third-order valence-corrected chi connectivity index (χ3v) is 5.51. The van der Waals surface area contributed by atoms with Crippen LogP contribution < -0.4 is 4.90 Å². The average Bonchev–Trinajstić information content (AvgIpc) is 3.28. The minimum absolute atomic E-state index is 0.580. The van der Waals surface area contributed by atoms with Crippen LogP contribution in [0.15, 0.2) is 30.5 Å². The lowest BCUT2D eigenvalue weighted by Gasteiger charge is -2.33. The maximum atomic E-state index is 4.50. The van der Waals surface area contributed by atoms with Crippen molar-refractivity contribution in [2.75, 3.05) is 18.0 Å². The SMILES string of the molecule is c1ccn2c(CC3CCCN(c4cc5c(nn4)CCC5)C3)nnc2c1. The van der Waals surface area contributed by atoms with Crippen molar-refractivity contribution >= 4 is 11.5 Å². The Kier molecular flexibility index (Phi) is 3.61. The van der Waals surface area contributed by atoms with E-state index in [0.29, 0.717) is 5.92 Å². The molecule has 3 aromatic rings. The number of hydrogen-bond acceptors (Lipinski definition) is 5. The van der Waals surface area contributed by atoms with Crippen molar-refractivity contribution in [3.05, 3.63) is 47.5 Å². The van der Waals surface area contributed by atoms with Gasteiger partial charge in [-0.25, -0.2) is 0 Å². The van der Waals surface area contributed by atoms with Gasteiger partial charge in [-0.05, 0) is 61.8 Å². The number of pyridine rings is 1. The van der Waals surface area contributed by atoms with Gasteiger partial charge in [-0.2, -0.15) is 5.10 Å². The molecule has 0 spiro atoms. The van der Waals surface area contributed by atoms with Crippen LogP contribution in [0, 0.1) is 5.92 Å². The number of piperidine rings is 1.